The highest BCUT2D eigenvalue weighted by atomic mass is 15.3. The van der Waals surface area contributed by atoms with Crippen molar-refractivity contribution in [3.05, 3.63) is 29.6 Å². The first-order chi connectivity index (χ1) is 8.67. The van der Waals surface area contributed by atoms with Gasteiger partial charge in [-0.25, -0.2) is 20.8 Å². The average molecular weight is 246 g/mol. The number of hydrogen-bond acceptors (Lipinski definition) is 5. The molecule has 0 aliphatic carbocycles. The maximum atomic E-state index is 5.51. The Morgan fingerprint density at radius 3 is 2.67 bits per heavy atom. The highest BCUT2D eigenvalue weighted by Crippen LogP contribution is 2.19. The largest absolute Gasteiger partial charge is 0.308 e. The average Bonchev–Trinajstić information content (AvgIpc) is 2.78. The van der Waals surface area contributed by atoms with Crippen molar-refractivity contribution in [3.63, 3.8) is 0 Å². The van der Waals surface area contributed by atoms with Crippen molar-refractivity contribution in [2.45, 2.75) is 33.6 Å². The molecule has 0 saturated heterocycles. The molecule has 0 aliphatic rings. The number of nitrogen functional groups attached to an aromatic ring is 1. The van der Waals surface area contributed by atoms with E-state index in [0.717, 1.165) is 35.9 Å². The maximum absolute atomic E-state index is 5.51. The fourth-order valence-corrected chi connectivity index (χ4v) is 1.86. The monoisotopic (exact) mass is 246 g/mol. The van der Waals surface area contributed by atoms with Gasteiger partial charge in [-0.15, -0.1) is 0 Å². The molecule has 2 aromatic rings. The van der Waals surface area contributed by atoms with Gasteiger partial charge in [-0.2, -0.15) is 0 Å². The van der Waals surface area contributed by atoms with Crippen LogP contribution in [-0.4, -0.2) is 19.5 Å². The first kappa shape index (κ1) is 12.5. The van der Waals surface area contributed by atoms with Gasteiger partial charge in [0.2, 0.25) is 0 Å². The molecule has 0 aliphatic heterocycles. The van der Waals surface area contributed by atoms with Gasteiger partial charge in [0.15, 0.2) is 0 Å². The molecule has 0 aromatic carbocycles. The molecule has 0 unspecified atom stereocenters. The Hall–Kier alpha value is -1.95. The Kier molecular flexibility index (Phi) is 3.57. The van der Waals surface area contributed by atoms with Gasteiger partial charge in [0.25, 0.3) is 0 Å². The third-order valence-electron chi connectivity index (χ3n) is 2.83. The molecule has 2 rings (SSSR count). The van der Waals surface area contributed by atoms with Crippen LogP contribution >= 0.6 is 0 Å². The number of hydrogen-bond donors (Lipinski definition) is 2. The van der Waals surface area contributed by atoms with E-state index in [0.29, 0.717) is 5.82 Å². The molecular formula is C12H18N6. The molecule has 6 nitrogen and oxygen atoms in total. The fourth-order valence-electron chi connectivity index (χ4n) is 1.86. The molecule has 2 heterocycles. The highest BCUT2D eigenvalue weighted by Gasteiger charge is 2.12. The second kappa shape index (κ2) is 5.14. The molecule has 3 N–H and O–H groups in total. The zero-order chi connectivity index (χ0) is 13.1. The minimum Gasteiger partial charge on any atom is -0.308 e. The number of anilines is 1. The lowest BCUT2D eigenvalue weighted by Crippen LogP contribution is -2.15. The van der Waals surface area contributed by atoms with E-state index in [1.165, 1.54) is 0 Å². The number of aromatic nitrogens is 4. The number of rotatable bonds is 4. The van der Waals surface area contributed by atoms with E-state index in [1.54, 1.807) is 6.20 Å². The number of imidazole rings is 1. The van der Waals surface area contributed by atoms with Gasteiger partial charge >= 0.3 is 0 Å². The molecule has 0 atom stereocenters. The fraction of sp³-hybridized carbons (Fsp3) is 0.417. The van der Waals surface area contributed by atoms with Crippen LogP contribution in [0.2, 0.25) is 0 Å². The first-order valence-electron chi connectivity index (χ1n) is 6.01. The Morgan fingerprint density at radius 2 is 2.11 bits per heavy atom. The number of nitrogens with one attached hydrogen (secondary N) is 1. The summed E-state index contributed by atoms with van der Waals surface area (Å²) >= 11 is 0. The molecule has 0 fully saturated rings. The van der Waals surface area contributed by atoms with E-state index in [4.69, 9.17) is 5.84 Å². The predicted molar refractivity (Wildman–Crippen MR) is 70.4 cm³/mol. The van der Waals surface area contributed by atoms with Crippen LogP contribution in [-0.2, 0) is 6.42 Å². The molecule has 6 heteroatoms. The molecule has 0 radical (unpaired) electrons. The van der Waals surface area contributed by atoms with Gasteiger partial charge in [-0.05, 0) is 20.3 Å². The first-order valence-corrected chi connectivity index (χ1v) is 6.01. The minimum atomic E-state index is 0.663. The molecular weight excluding hydrogens is 228 g/mol. The van der Waals surface area contributed by atoms with Gasteiger partial charge in [0.05, 0.1) is 0 Å². The van der Waals surface area contributed by atoms with E-state index in [2.05, 4.69) is 27.3 Å². The highest BCUT2D eigenvalue weighted by molar-refractivity contribution is 5.51. The normalized spacial score (nSPS) is 10.7. The lowest BCUT2D eigenvalue weighted by atomic mass is 10.2. The van der Waals surface area contributed by atoms with E-state index >= 15 is 0 Å². The van der Waals surface area contributed by atoms with Crippen LogP contribution < -0.4 is 11.3 Å². The van der Waals surface area contributed by atoms with Crippen molar-refractivity contribution in [1.29, 1.82) is 0 Å². The van der Waals surface area contributed by atoms with Gasteiger partial charge in [-0.1, -0.05) is 6.92 Å². The van der Waals surface area contributed by atoms with Crippen LogP contribution in [0.3, 0.4) is 0 Å². The quantitative estimate of drug-likeness (QED) is 0.631. The van der Waals surface area contributed by atoms with Crippen molar-refractivity contribution < 1.29 is 0 Å². The Morgan fingerprint density at radius 1 is 1.33 bits per heavy atom. The van der Waals surface area contributed by atoms with E-state index in [-0.39, 0.29) is 0 Å². The van der Waals surface area contributed by atoms with Crippen LogP contribution in [0.4, 0.5) is 5.82 Å². The second-order valence-corrected chi connectivity index (χ2v) is 4.18. The van der Waals surface area contributed by atoms with Crippen LogP contribution in [0.5, 0.6) is 0 Å². The zero-order valence-corrected chi connectivity index (χ0v) is 10.9. The van der Waals surface area contributed by atoms with Gasteiger partial charge in [0.1, 0.15) is 23.3 Å². The summed E-state index contributed by atoms with van der Waals surface area (Å²) in [4.78, 5) is 13.2. The van der Waals surface area contributed by atoms with Crippen molar-refractivity contribution in [3.8, 4) is 5.82 Å². The molecule has 0 spiro atoms. The van der Waals surface area contributed by atoms with Crippen molar-refractivity contribution in [1.82, 2.24) is 19.5 Å². The van der Waals surface area contributed by atoms with Crippen LogP contribution in [0.25, 0.3) is 5.82 Å². The van der Waals surface area contributed by atoms with Crippen molar-refractivity contribution >= 4 is 5.82 Å². The minimum absolute atomic E-state index is 0.663. The summed E-state index contributed by atoms with van der Waals surface area (Å²) in [6, 6.07) is 0. The zero-order valence-electron chi connectivity index (χ0n) is 10.9. The van der Waals surface area contributed by atoms with Gasteiger partial charge in [-0.3, -0.25) is 4.57 Å². The van der Waals surface area contributed by atoms with Crippen LogP contribution in [0.1, 0.15) is 30.6 Å². The van der Waals surface area contributed by atoms with E-state index in [1.807, 2.05) is 24.6 Å². The van der Waals surface area contributed by atoms with Crippen LogP contribution in [0, 0.1) is 13.8 Å². The Balaban J connectivity index is 2.58. The lowest BCUT2D eigenvalue weighted by Gasteiger charge is -2.13. The lowest BCUT2D eigenvalue weighted by molar-refractivity contribution is 0.804. The summed E-state index contributed by atoms with van der Waals surface area (Å²) in [5, 5.41) is 0. The number of nitrogens with two attached hydrogens (primary N) is 1. The summed E-state index contributed by atoms with van der Waals surface area (Å²) < 4.78 is 1.94. The second-order valence-electron chi connectivity index (χ2n) is 4.18. The Bertz CT molecular complexity index is 545. The summed E-state index contributed by atoms with van der Waals surface area (Å²) in [5.74, 6) is 8.69. The van der Waals surface area contributed by atoms with Gasteiger partial charge < -0.3 is 5.43 Å². The Labute approximate surface area is 106 Å². The summed E-state index contributed by atoms with van der Waals surface area (Å²) in [6.45, 7) is 5.98. The number of hydrazine groups is 1. The molecule has 0 bridgehead atoms. The molecule has 0 amide bonds. The molecule has 18 heavy (non-hydrogen) atoms. The van der Waals surface area contributed by atoms with E-state index < -0.39 is 0 Å². The molecule has 2 aromatic heterocycles. The SMILES string of the molecule is CCCc1nc(NN)c(C)c(-n2ccnc2C)n1. The molecule has 0 saturated carbocycles. The van der Waals surface area contributed by atoms with E-state index in [9.17, 15) is 0 Å². The third-order valence-corrected chi connectivity index (χ3v) is 2.83. The number of nitrogens with zero attached hydrogens (tertiary/aromatic N) is 4. The van der Waals surface area contributed by atoms with Crippen molar-refractivity contribution in [2.75, 3.05) is 5.43 Å². The maximum Gasteiger partial charge on any atom is 0.148 e. The molecule has 96 valence electrons. The number of aryl methyl sites for hydroxylation is 2. The predicted octanol–water partition coefficient (Wildman–Crippen LogP) is 1.52. The summed E-state index contributed by atoms with van der Waals surface area (Å²) in [5.41, 5.74) is 3.55. The summed E-state index contributed by atoms with van der Waals surface area (Å²) in [7, 11) is 0. The standard InChI is InChI=1S/C12H18N6/c1-4-5-10-15-11(17-13)8(2)12(16-10)18-7-6-14-9(18)3/h6-7H,4-5,13H2,1-3H3,(H,15,16,17). The third kappa shape index (κ3) is 2.19. The summed E-state index contributed by atoms with van der Waals surface area (Å²) in [6.07, 6.45) is 5.47. The smallest absolute Gasteiger partial charge is 0.148 e. The van der Waals surface area contributed by atoms with Crippen molar-refractivity contribution in [2.24, 2.45) is 5.84 Å². The topological polar surface area (TPSA) is 81.6 Å². The van der Waals surface area contributed by atoms with Gasteiger partial charge in [0, 0.05) is 24.4 Å². The van der Waals surface area contributed by atoms with Crippen LogP contribution in [0.15, 0.2) is 12.4 Å².